The van der Waals surface area contributed by atoms with Crippen LogP contribution in [0.15, 0.2) is 18.2 Å². The summed E-state index contributed by atoms with van der Waals surface area (Å²) in [7, 11) is 0. The number of nitro benzene ring substituents is 1. The van der Waals surface area contributed by atoms with Gasteiger partial charge in [0.2, 0.25) is 0 Å². The smallest absolute Gasteiger partial charge is 0.271 e. The van der Waals surface area contributed by atoms with E-state index in [4.69, 9.17) is 11.6 Å². The van der Waals surface area contributed by atoms with Crippen molar-refractivity contribution in [2.24, 2.45) is 5.92 Å². The molecule has 1 rings (SSSR count). The van der Waals surface area contributed by atoms with Gasteiger partial charge in [-0.15, -0.1) is 0 Å². The molecule has 1 aromatic rings. The van der Waals surface area contributed by atoms with Crippen LogP contribution in [0, 0.1) is 16.0 Å². The van der Waals surface area contributed by atoms with Gasteiger partial charge in [-0.3, -0.25) is 19.7 Å². The Morgan fingerprint density at radius 2 is 2.00 bits per heavy atom. The van der Waals surface area contributed by atoms with Gasteiger partial charge >= 0.3 is 0 Å². The summed E-state index contributed by atoms with van der Waals surface area (Å²) in [6, 6.07) is 3.57. The molecule has 0 aromatic heterocycles. The van der Waals surface area contributed by atoms with Gasteiger partial charge in [-0.05, 0) is 6.07 Å². The van der Waals surface area contributed by atoms with Crippen molar-refractivity contribution in [1.29, 1.82) is 0 Å². The molecule has 0 fully saturated rings. The lowest BCUT2D eigenvalue weighted by atomic mass is 10.1. The van der Waals surface area contributed by atoms with Crippen LogP contribution in [0.5, 0.6) is 0 Å². The van der Waals surface area contributed by atoms with Gasteiger partial charge < -0.3 is 5.32 Å². The highest BCUT2D eigenvalue weighted by Gasteiger charge is 2.15. The normalized spacial score (nSPS) is 10.3. The molecule has 0 unspecified atom stereocenters. The van der Waals surface area contributed by atoms with E-state index in [-0.39, 0.29) is 34.5 Å². The number of Topliss-reactive ketones (excluding diaryl/α,β-unsaturated/α-hetero) is 1. The predicted octanol–water partition coefficient (Wildman–Crippen LogP) is 2.20. The van der Waals surface area contributed by atoms with Crippen molar-refractivity contribution >= 4 is 29.0 Å². The van der Waals surface area contributed by atoms with Crippen LogP contribution in [0.25, 0.3) is 0 Å². The molecule has 0 spiro atoms. The molecule has 0 aliphatic carbocycles. The van der Waals surface area contributed by atoms with Crippen molar-refractivity contribution in [2.45, 2.75) is 13.8 Å². The van der Waals surface area contributed by atoms with Crippen LogP contribution in [0.1, 0.15) is 24.2 Å². The van der Waals surface area contributed by atoms with Gasteiger partial charge in [0.05, 0.1) is 11.5 Å². The molecule has 7 heteroatoms. The minimum atomic E-state index is -0.637. The number of nitrogens with zero attached hydrogens (tertiary/aromatic N) is 1. The third kappa shape index (κ3) is 4.33. The Labute approximate surface area is 114 Å². The van der Waals surface area contributed by atoms with Gasteiger partial charge in [0.1, 0.15) is 0 Å². The number of nitrogens with one attached hydrogen (secondary N) is 1. The van der Waals surface area contributed by atoms with E-state index in [0.29, 0.717) is 0 Å². The van der Waals surface area contributed by atoms with E-state index in [0.717, 1.165) is 12.1 Å². The quantitative estimate of drug-likeness (QED) is 0.663. The zero-order chi connectivity index (χ0) is 14.6. The molecule has 0 heterocycles. The van der Waals surface area contributed by atoms with Crippen LogP contribution in [0.4, 0.5) is 5.69 Å². The second kappa shape index (κ2) is 6.29. The summed E-state index contributed by atoms with van der Waals surface area (Å²) in [6.07, 6.45) is 0. The average Bonchev–Trinajstić information content (AvgIpc) is 2.34. The Kier molecular flexibility index (Phi) is 5.00. The van der Waals surface area contributed by atoms with E-state index < -0.39 is 10.8 Å². The van der Waals surface area contributed by atoms with E-state index in [1.807, 2.05) is 0 Å². The molecule has 0 atom stereocenters. The van der Waals surface area contributed by atoms with Gasteiger partial charge in [0.15, 0.2) is 5.78 Å². The second-order valence-electron chi connectivity index (χ2n) is 4.26. The van der Waals surface area contributed by atoms with Crippen molar-refractivity contribution in [3.8, 4) is 0 Å². The lowest BCUT2D eigenvalue weighted by Gasteiger charge is -2.07. The summed E-state index contributed by atoms with van der Waals surface area (Å²) < 4.78 is 0. The standard InChI is InChI=1S/C12H13ClN2O4/c1-7(2)11(16)6-14-12(17)8-3-9(13)5-10(4-8)15(18)19/h3-5,7H,6H2,1-2H3,(H,14,17). The maximum absolute atomic E-state index is 11.8. The topological polar surface area (TPSA) is 89.3 Å². The zero-order valence-corrected chi connectivity index (χ0v) is 11.2. The molecule has 0 bridgehead atoms. The number of rotatable bonds is 5. The number of nitro groups is 1. The Hall–Kier alpha value is -1.95. The molecule has 0 aliphatic rings. The van der Waals surface area contributed by atoms with Gasteiger partial charge in [-0.25, -0.2) is 0 Å². The zero-order valence-electron chi connectivity index (χ0n) is 10.5. The summed E-state index contributed by atoms with van der Waals surface area (Å²) in [4.78, 5) is 33.1. The first-order valence-electron chi connectivity index (χ1n) is 5.57. The lowest BCUT2D eigenvalue weighted by molar-refractivity contribution is -0.384. The Morgan fingerprint density at radius 1 is 1.37 bits per heavy atom. The fraction of sp³-hybridized carbons (Fsp3) is 0.333. The van der Waals surface area contributed by atoms with E-state index in [1.165, 1.54) is 6.07 Å². The number of hydrogen-bond donors (Lipinski definition) is 1. The Balaban J connectivity index is 2.82. The number of carbonyl (C=O) groups excluding carboxylic acids is 2. The van der Waals surface area contributed by atoms with Gasteiger partial charge in [0.25, 0.3) is 11.6 Å². The summed E-state index contributed by atoms with van der Waals surface area (Å²) in [5.74, 6) is -0.876. The number of hydrogen-bond acceptors (Lipinski definition) is 4. The van der Waals surface area contributed by atoms with Crippen molar-refractivity contribution in [2.75, 3.05) is 6.54 Å². The van der Waals surface area contributed by atoms with Crippen molar-refractivity contribution in [3.63, 3.8) is 0 Å². The van der Waals surface area contributed by atoms with Crippen LogP contribution < -0.4 is 5.32 Å². The van der Waals surface area contributed by atoms with Crippen molar-refractivity contribution in [1.82, 2.24) is 5.32 Å². The minimum Gasteiger partial charge on any atom is -0.345 e. The van der Waals surface area contributed by atoms with Gasteiger partial charge in [0, 0.05) is 28.6 Å². The maximum atomic E-state index is 11.8. The molecule has 1 aromatic carbocycles. The summed E-state index contributed by atoms with van der Waals surface area (Å²) in [5, 5.41) is 13.1. The molecular weight excluding hydrogens is 272 g/mol. The van der Waals surface area contributed by atoms with Crippen molar-refractivity contribution in [3.05, 3.63) is 38.9 Å². The Bertz CT molecular complexity index is 528. The fourth-order valence-electron chi connectivity index (χ4n) is 1.28. The number of benzene rings is 1. The molecule has 102 valence electrons. The molecule has 0 radical (unpaired) electrons. The van der Waals surface area contributed by atoms with Crippen LogP contribution in [-0.2, 0) is 4.79 Å². The maximum Gasteiger partial charge on any atom is 0.271 e. The summed E-state index contributed by atoms with van der Waals surface area (Å²) >= 11 is 5.70. The molecule has 1 amide bonds. The first-order valence-corrected chi connectivity index (χ1v) is 5.95. The highest BCUT2D eigenvalue weighted by atomic mass is 35.5. The van der Waals surface area contributed by atoms with E-state index in [2.05, 4.69) is 5.32 Å². The number of amides is 1. The summed E-state index contributed by atoms with van der Waals surface area (Å²) in [6.45, 7) is 3.33. The largest absolute Gasteiger partial charge is 0.345 e. The molecule has 1 N–H and O–H groups in total. The first kappa shape index (κ1) is 15.1. The van der Waals surface area contributed by atoms with E-state index >= 15 is 0 Å². The van der Waals surface area contributed by atoms with Gasteiger partial charge in [-0.1, -0.05) is 25.4 Å². The van der Waals surface area contributed by atoms with E-state index in [1.54, 1.807) is 13.8 Å². The minimum absolute atomic E-state index is 0.0516. The van der Waals surface area contributed by atoms with Crippen molar-refractivity contribution < 1.29 is 14.5 Å². The fourth-order valence-corrected chi connectivity index (χ4v) is 1.51. The number of ketones is 1. The first-order chi connectivity index (χ1) is 8.81. The average molecular weight is 285 g/mol. The van der Waals surface area contributed by atoms with E-state index in [9.17, 15) is 19.7 Å². The monoisotopic (exact) mass is 284 g/mol. The lowest BCUT2D eigenvalue weighted by Crippen LogP contribution is -2.31. The highest BCUT2D eigenvalue weighted by Crippen LogP contribution is 2.20. The van der Waals surface area contributed by atoms with Crippen LogP contribution in [0.2, 0.25) is 5.02 Å². The molecule has 0 saturated carbocycles. The second-order valence-corrected chi connectivity index (χ2v) is 4.70. The third-order valence-corrected chi connectivity index (χ3v) is 2.64. The Morgan fingerprint density at radius 3 is 2.53 bits per heavy atom. The number of non-ortho nitro benzene ring substituents is 1. The predicted molar refractivity (Wildman–Crippen MR) is 70.3 cm³/mol. The van der Waals surface area contributed by atoms with Crippen LogP contribution in [0.3, 0.4) is 0 Å². The highest BCUT2D eigenvalue weighted by molar-refractivity contribution is 6.31. The van der Waals surface area contributed by atoms with Crippen LogP contribution >= 0.6 is 11.6 Å². The molecule has 6 nitrogen and oxygen atoms in total. The van der Waals surface area contributed by atoms with Gasteiger partial charge in [-0.2, -0.15) is 0 Å². The molecule has 19 heavy (non-hydrogen) atoms. The SMILES string of the molecule is CC(C)C(=O)CNC(=O)c1cc(Cl)cc([N+](=O)[O-])c1. The number of halogens is 1. The molecular formula is C12H13ClN2O4. The summed E-state index contributed by atoms with van der Waals surface area (Å²) in [5.41, 5.74) is -0.219. The third-order valence-electron chi connectivity index (χ3n) is 2.42. The van der Waals surface area contributed by atoms with Crippen LogP contribution in [-0.4, -0.2) is 23.2 Å². The molecule has 0 saturated heterocycles. The molecule has 0 aliphatic heterocycles. The number of carbonyl (C=O) groups is 2.